The predicted molar refractivity (Wildman–Crippen MR) is 59.1 cm³/mol. The van der Waals surface area contributed by atoms with Crippen LogP contribution in [0.4, 0.5) is 0 Å². The van der Waals surface area contributed by atoms with Crippen molar-refractivity contribution in [1.29, 1.82) is 0 Å². The first-order chi connectivity index (χ1) is 6.22. The molecule has 0 spiro atoms. The Balaban J connectivity index is 1.86. The van der Waals surface area contributed by atoms with Gasteiger partial charge in [0, 0.05) is 0 Å². The second kappa shape index (κ2) is 3.51. The van der Waals surface area contributed by atoms with Gasteiger partial charge in [0.15, 0.2) is 0 Å². The Morgan fingerprint density at radius 2 is 2.31 bits per heavy atom. The van der Waals surface area contributed by atoms with E-state index in [0.29, 0.717) is 0 Å². The highest BCUT2D eigenvalue weighted by atomic mass is 14.3. The molecular weight excluding hydrogens is 155 g/mol. The summed E-state index contributed by atoms with van der Waals surface area (Å²) in [5.41, 5.74) is 1.74. The second-order valence-electron chi connectivity index (χ2n) is 4.97. The minimum Gasteiger partial charge on any atom is -0.0820 e. The van der Waals surface area contributed by atoms with Gasteiger partial charge in [-0.15, -0.1) is 0 Å². The molecule has 0 amide bonds. The third kappa shape index (κ3) is 1.58. The van der Waals surface area contributed by atoms with Crippen LogP contribution in [0.3, 0.4) is 0 Å². The van der Waals surface area contributed by atoms with Crippen molar-refractivity contribution in [2.75, 3.05) is 0 Å². The molecule has 1 aliphatic heterocycles. The van der Waals surface area contributed by atoms with E-state index < -0.39 is 0 Å². The summed E-state index contributed by atoms with van der Waals surface area (Å²) in [6, 6.07) is 0. The van der Waals surface area contributed by atoms with Crippen LogP contribution in [0.15, 0.2) is 11.6 Å². The van der Waals surface area contributed by atoms with Gasteiger partial charge in [-0.3, -0.25) is 0 Å². The molecule has 2 aliphatic rings. The van der Waals surface area contributed by atoms with Crippen LogP contribution in [0.25, 0.3) is 0 Å². The van der Waals surface area contributed by atoms with Gasteiger partial charge in [-0.25, -0.2) is 0 Å². The van der Waals surface area contributed by atoms with E-state index in [2.05, 4.69) is 34.1 Å². The highest BCUT2D eigenvalue weighted by molar-refractivity contribution is 6.43. The van der Waals surface area contributed by atoms with Gasteiger partial charge in [0.25, 0.3) is 0 Å². The lowest BCUT2D eigenvalue weighted by Gasteiger charge is -2.42. The molecule has 1 heteroatoms. The normalized spacial score (nSPS) is 39.6. The molecule has 4 unspecified atom stereocenters. The van der Waals surface area contributed by atoms with E-state index in [0.717, 1.165) is 23.6 Å². The fourth-order valence-corrected chi connectivity index (χ4v) is 2.49. The molecule has 1 aliphatic carbocycles. The number of hydrogen-bond donors (Lipinski definition) is 0. The molecule has 1 saturated heterocycles. The molecule has 1 heterocycles. The molecule has 0 bridgehead atoms. The van der Waals surface area contributed by atoms with Gasteiger partial charge in [0.1, 0.15) is 7.28 Å². The quantitative estimate of drug-likeness (QED) is 0.454. The Morgan fingerprint density at radius 1 is 1.62 bits per heavy atom. The highest BCUT2D eigenvalue weighted by Crippen LogP contribution is 2.48. The van der Waals surface area contributed by atoms with Crippen LogP contribution < -0.4 is 0 Å². The van der Waals surface area contributed by atoms with E-state index in [1.54, 1.807) is 5.57 Å². The third-order valence-electron chi connectivity index (χ3n) is 4.08. The van der Waals surface area contributed by atoms with Crippen LogP contribution >= 0.6 is 0 Å². The lowest BCUT2D eigenvalue weighted by molar-refractivity contribution is 0.362. The van der Waals surface area contributed by atoms with E-state index >= 15 is 0 Å². The molecule has 2 rings (SSSR count). The number of rotatable bonds is 3. The van der Waals surface area contributed by atoms with Crippen molar-refractivity contribution in [3.05, 3.63) is 11.6 Å². The molecule has 71 valence electrons. The second-order valence-corrected chi connectivity index (χ2v) is 4.97. The van der Waals surface area contributed by atoms with Crippen molar-refractivity contribution >= 4 is 7.28 Å². The minimum absolute atomic E-state index is 0.861. The molecule has 0 aromatic heterocycles. The summed E-state index contributed by atoms with van der Waals surface area (Å²) in [6.45, 7) is 7.06. The molecule has 13 heavy (non-hydrogen) atoms. The first kappa shape index (κ1) is 9.36. The van der Waals surface area contributed by atoms with Gasteiger partial charge in [-0.05, 0) is 24.1 Å². The number of hydrogen-bond acceptors (Lipinski definition) is 0. The SMILES string of the molecule is CCC(C)C1C=C(C2[B]CC2C)C1. The summed E-state index contributed by atoms with van der Waals surface area (Å²) in [7, 11) is 2.49. The maximum absolute atomic E-state index is 2.55. The summed E-state index contributed by atoms with van der Waals surface area (Å²) >= 11 is 0. The molecule has 0 saturated carbocycles. The standard InChI is InChI=1S/C12H20B/c1-4-8(2)10-5-11(6-10)12-9(3)7-13-12/h5,8-10,12H,4,6-7H2,1-3H3. The van der Waals surface area contributed by atoms with Gasteiger partial charge in [0.2, 0.25) is 0 Å². The topological polar surface area (TPSA) is 0 Å². The molecule has 0 N–H and O–H groups in total. The lowest BCUT2D eigenvalue weighted by Crippen LogP contribution is -2.32. The van der Waals surface area contributed by atoms with Crippen LogP contribution in [0.1, 0.15) is 33.6 Å². The largest absolute Gasteiger partial charge is 0.119 e. The fourth-order valence-electron chi connectivity index (χ4n) is 2.49. The first-order valence-electron chi connectivity index (χ1n) is 5.76. The minimum atomic E-state index is 0.861. The molecular formula is C12H20B. The van der Waals surface area contributed by atoms with Crippen molar-refractivity contribution in [2.45, 2.75) is 45.8 Å². The van der Waals surface area contributed by atoms with Gasteiger partial charge in [-0.1, -0.05) is 51.1 Å². The zero-order valence-electron chi connectivity index (χ0n) is 9.09. The molecule has 0 nitrogen and oxygen atoms in total. The van der Waals surface area contributed by atoms with E-state index in [9.17, 15) is 0 Å². The zero-order chi connectivity index (χ0) is 9.42. The average molecular weight is 175 g/mol. The monoisotopic (exact) mass is 175 g/mol. The third-order valence-corrected chi connectivity index (χ3v) is 4.08. The summed E-state index contributed by atoms with van der Waals surface area (Å²) < 4.78 is 0. The summed E-state index contributed by atoms with van der Waals surface area (Å²) in [5.74, 6) is 3.60. The van der Waals surface area contributed by atoms with Crippen LogP contribution in [0.5, 0.6) is 0 Å². The molecule has 1 fully saturated rings. The van der Waals surface area contributed by atoms with Crippen LogP contribution in [0.2, 0.25) is 12.1 Å². The van der Waals surface area contributed by atoms with Gasteiger partial charge < -0.3 is 0 Å². The molecule has 1 radical (unpaired) electrons. The molecule has 0 aromatic carbocycles. The molecule has 4 atom stereocenters. The van der Waals surface area contributed by atoms with Gasteiger partial charge >= 0.3 is 0 Å². The highest BCUT2D eigenvalue weighted by Gasteiger charge is 2.36. The predicted octanol–water partition coefficient (Wildman–Crippen LogP) is 3.54. The maximum atomic E-state index is 2.55. The smallest absolute Gasteiger partial charge is 0.0820 e. The summed E-state index contributed by atoms with van der Waals surface area (Å²) in [5, 5.41) is 0. The summed E-state index contributed by atoms with van der Waals surface area (Å²) in [4.78, 5) is 0. The summed E-state index contributed by atoms with van der Waals surface area (Å²) in [6.07, 6.45) is 6.61. The maximum Gasteiger partial charge on any atom is 0.119 e. The lowest BCUT2D eigenvalue weighted by atomic mass is 9.39. The Morgan fingerprint density at radius 3 is 2.69 bits per heavy atom. The Bertz CT molecular complexity index is 219. The van der Waals surface area contributed by atoms with Crippen LogP contribution in [-0.4, -0.2) is 7.28 Å². The van der Waals surface area contributed by atoms with Crippen LogP contribution in [0, 0.1) is 17.8 Å². The van der Waals surface area contributed by atoms with Gasteiger partial charge in [0.05, 0.1) is 0 Å². The van der Waals surface area contributed by atoms with Crippen molar-refractivity contribution in [3.8, 4) is 0 Å². The van der Waals surface area contributed by atoms with Crippen LogP contribution in [-0.2, 0) is 0 Å². The van der Waals surface area contributed by atoms with Crippen molar-refractivity contribution in [3.63, 3.8) is 0 Å². The van der Waals surface area contributed by atoms with E-state index in [4.69, 9.17) is 0 Å². The Hall–Kier alpha value is -0.195. The first-order valence-corrected chi connectivity index (χ1v) is 5.76. The Kier molecular flexibility index (Phi) is 2.53. The zero-order valence-corrected chi connectivity index (χ0v) is 9.09. The van der Waals surface area contributed by atoms with Crippen molar-refractivity contribution < 1.29 is 0 Å². The number of allylic oxidation sites excluding steroid dienone is 2. The Labute approximate surface area is 83.0 Å². The van der Waals surface area contributed by atoms with Gasteiger partial charge in [-0.2, -0.15) is 0 Å². The van der Waals surface area contributed by atoms with Crippen molar-refractivity contribution in [1.82, 2.24) is 0 Å². The average Bonchev–Trinajstić information content (AvgIpc) is 2.06. The van der Waals surface area contributed by atoms with E-state index in [1.807, 2.05) is 0 Å². The molecule has 0 aromatic rings. The van der Waals surface area contributed by atoms with Crippen molar-refractivity contribution in [2.24, 2.45) is 17.8 Å². The fraction of sp³-hybridized carbons (Fsp3) is 0.833. The van der Waals surface area contributed by atoms with E-state index in [1.165, 1.54) is 19.2 Å². The van der Waals surface area contributed by atoms with E-state index in [-0.39, 0.29) is 0 Å².